The number of pyridine rings is 1. The number of aromatic amines is 1. The summed E-state index contributed by atoms with van der Waals surface area (Å²) >= 11 is 0. The number of hydrogen-bond acceptors (Lipinski definition) is 4. The van der Waals surface area contributed by atoms with E-state index in [1.165, 1.54) is 0 Å². The minimum absolute atomic E-state index is 0.289. The molecule has 2 aromatic heterocycles. The van der Waals surface area contributed by atoms with Crippen LogP contribution in [-0.4, -0.2) is 35.4 Å². The fourth-order valence-electron chi connectivity index (χ4n) is 2.93. The van der Waals surface area contributed by atoms with E-state index in [9.17, 15) is 0 Å². The highest BCUT2D eigenvalue weighted by molar-refractivity contribution is 6.62. The van der Waals surface area contributed by atoms with E-state index in [-0.39, 0.29) is 17.1 Å². The molecule has 5 nitrogen and oxygen atoms in total. The number of rotatable bonds is 3. The molecule has 1 aliphatic rings. The molecule has 0 bridgehead atoms. The van der Waals surface area contributed by atoms with Gasteiger partial charge >= 0.3 is 7.12 Å². The third kappa shape index (κ3) is 2.54. The molecule has 0 radical (unpaired) electrons. The summed E-state index contributed by atoms with van der Waals surface area (Å²) in [6, 6.07) is 3.85. The minimum atomic E-state index is -0.419. The summed E-state index contributed by atoms with van der Waals surface area (Å²) in [7, 11) is 1.21. The molecule has 0 spiro atoms. The maximum absolute atomic E-state index is 6.21. The lowest BCUT2D eigenvalue weighted by Crippen LogP contribution is -2.41. The number of nitrogens with one attached hydrogen (secondary N) is 1. The summed E-state index contributed by atoms with van der Waals surface area (Å²) in [5, 5.41) is 0. The van der Waals surface area contributed by atoms with Crippen molar-refractivity contribution in [3.05, 3.63) is 17.7 Å². The van der Waals surface area contributed by atoms with Crippen molar-refractivity contribution in [1.82, 2.24) is 9.97 Å². The molecule has 0 saturated carbocycles. The second kappa shape index (κ2) is 5.25. The monoisotopic (exact) mass is 316 g/mol. The van der Waals surface area contributed by atoms with Crippen LogP contribution in [0.5, 0.6) is 5.88 Å². The van der Waals surface area contributed by atoms with Crippen LogP contribution in [0.2, 0.25) is 0 Å². The number of ether oxygens (including phenoxy) is 1. The van der Waals surface area contributed by atoms with Gasteiger partial charge in [0.1, 0.15) is 0 Å². The first-order valence-corrected chi connectivity index (χ1v) is 8.08. The number of fused-ring (bicyclic) bond motifs is 1. The van der Waals surface area contributed by atoms with Gasteiger partial charge in [-0.05, 0) is 45.2 Å². The average Bonchev–Trinajstić information content (AvgIpc) is 2.93. The van der Waals surface area contributed by atoms with E-state index < -0.39 is 7.12 Å². The first kappa shape index (κ1) is 16.3. The molecule has 1 aliphatic heterocycles. The van der Waals surface area contributed by atoms with Gasteiger partial charge in [0.25, 0.3) is 0 Å². The zero-order valence-electron chi connectivity index (χ0n) is 15.0. The van der Waals surface area contributed by atoms with Gasteiger partial charge in [-0.25, -0.2) is 4.98 Å². The van der Waals surface area contributed by atoms with E-state index in [4.69, 9.17) is 14.0 Å². The maximum atomic E-state index is 6.21. The predicted molar refractivity (Wildman–Crippen MR) is 92.5 cm³/mol. The topological polar surface area (TPSA) is 56.4 Å². The van der Waals surface area contributed by atoms with E-state index in [0.29, 0.717) is 5.88 Å². The first-order valence-electron chi connectivity index (χ1n) is 8.08. The van der Waals surface area contributed by atoms with Gasteiger partial charge in [-0.2, -0.15) is 0 Å². The van der Waals surface area contributed by atoms with E-state index in [1.807, 2.05) is 12.1 Å². The first-order chi connectivity index (χ1) is 10.7. The summed E-state index contributed by atoms with van der Waals surface area (Å²) in [4.78, 5) is 8.06. The number of methoxy groups -OCH3 is 1. The van der Waals surface area contributed by atoms with Crippen molar-refractivity contribution in [3.8, 4) is 5.88 Å². The van der Waals surface area contributed by atoms with Gasteiger partial charge < -0.3 is 19.0 Å². The molecule has 124 valence electrons. The molecular weight excluding hydrogens is 291 g/mol. The average molecular weight is 316 g/mol. The SMILES string of the molecule is COc1ccc2[nH]c(B3OC(C)(C)C(C)(C)O3)c(C(C)C)c2n1. The predicted octanol–water partition coefficient (Wildman–Crippen LogP) is 2.99. The number of nitrogens with zero attached hydrogens (tertiary/aromatic N) is 1. The molecule has 1 N–H and O–H groups in total. The molecule has 0 atom stereocenters. The Hall–Kier alpha value is -1.53. The Morgan fingerprint density at radius 3 is 2.26 bits per heavy atom. The molecule has 0 aliphatic carbocycles. The van der Waals surface area contributed by atoms with Crippen molar-refractivity contribution in [1.29, 1.82) is 0 Å². The number of aromatic nitrogens is 2. The quantitative estimate of drug-likeness (QED) is 0.885. The van der Waals surface area contributed by atoms with Crippen LogP contribution in [0.4, 0.5) is 0 Å². The molecule has 3 heterocycles. The molecular formula is C17H25BN2O3. The highest BCUT2D eigenvalue weighted by atomic mass is 16.7. The summed E-state index contributed by atoms with van der Waals surface area (Å²) in [6.45, 7) is 12.5. The standard InChI is InChI=1S/C17H25BN2O3/c1-10(2)13-14-11(8-9-12(20-14)21-7)19-15(13)18-22-16(3,4)17(5,6)23-18/h8-10,19H,1-7H3. The van der Waals surface area contributed by atoms with E-state index in [2.05, 4.69) is 51.5 Å². The van der Waals surface area contributed by atoms with Gasteiger partial charge in [-0.15, -0.1) is 0 Å². The zero-order valence-corrected chi connectivity index (χ0v) is 15.0. The van der Waals surface area contributed by atoms with Gasteiger partial charge in [0.05, 0.1) is 34.9 Å². The molecule has 3 rings (SSSR count). The summed E-state index contributed by atoms with van der Waals surface area (Å²) in [5.74, 6) is 0.899. The number of hydrogen-bond donors (Lipinski definition) is 1. The van der Waals surface area contributed by atoms with Crippen LogP contribution in [0, 0.1) is 0 Å². The van der Waals surface area contributed by atoms with Crippen LogP contribution in [0.25, 0.3) is 11.0 Å². The van der Waals surface area contributed by atoms with Crippen molar-refractivity contribution >= 4 is 23.7 Å². The van der Waals surface area contributed by atoms with Gasteiger partial charge in [0.15, 0.2) is 0 Å². The Morgan fingerprint density at radius 2 is 1.74 bits per heavy atom. The van der Waals surface area contributed by atoms with Crippen LogP contribution in [0.15, 0.2) is 12.1 Å². The molecule has 1 fully saturated rings. The van der Waals surface area contributed by atoms with Gasteiger partial charge in [-0.1, -0.05) is 13.8 Å². The fraction of sp³-hybridized carbons (Fsp3) is 0.588. The fourth-order valence-corrected chi connectivity index (χ4v) is 2.93. The van der Waals surface area contributed by atoms with Gasteiger partial charge in [0, 0.05) is 6.07 Å². The van der Waals surface area contributed by atoms with Gasteiger partial charge in [-0.3, -0.25) is 0 Å². The molecule has 2 aromatic rings. The normalized spacial score (nSPS) is 19.7. The maximum Gasteiger partial charge on any atom is 0.512 e. The largest absolute Gasteiger partial charge is 0.512 e. The number of H-pyrrole nitrogens is 1. The van der Waals surface area contributed by atoms with Crippen LogP contribution >= 0.6 is 0 Å². The smallest absolute Gasteiger partial charge is 0.481 e. The third-order valence-corrected chi connectivity index (χ3v) is 4.96. The summed E-state index contributed by atoms with van der Waals surface area (Å²) in [6.07, 6.45) is 0. The highest BCUT2D eigenvalue weighted by Crippen LogP contribution is 2.37. The molecule has 0 unspecified atom stereocenters. The third-order valence-electron chi connectivity index (χ3n) is 4.96. The Morgan fingerprint density at radius 1 is 1.13 bits per heavy atom. The molecule has 0 aromatic carbocycles. The second-order valence-electron chi connectivity index (χ2n) is 7.45. The molecule has 0 amide bonds. The second-order valence-corrected chi connectivity index (χ2v) is 7.45. The lowest BCUT2D eigenvalue weighted by Gasteiger charge is -2.32. The Kier molecular flexibility index (Phi) is 3.73. The van der Waals surface area contributed by atoms with Crippen LogP contribution < -0.4 is 10.3 Å². The summed E-state index contributed by atoms with van der Waals surface area (Å²) < 4.78 is 17.7. The van der Waals surface area contributed by atoms with Crippen LogP contribution in [0.3, 0.4) is 0 Å². The molecule has 1 saturated heterocycles. The van der Waals surface area contributed by atoms with Crippen molar-refractivity contribution in [3.63, 3.8) is 0 Å². The Bertz CT molecular complexity index is 721. The van der Waals surface area contributed by atoms with Crippen LogP contribution in [0.1, 0.15) is 53.0 Å². The molecule has 6 heteroatoms. The van der Waals surface area contributed by atoms with Crippen molar-refractivity contribution < 1.29 is 14.0 Å². The highest BCUT2D eigenvalue weighted by Gasteiger charge is 2.53. The Balaban J connectivity index is 2.13. The lowest BCUT2D eigenvalue weighted by molar-refractivity contribution is 0.00578. The summed E-state index contributed by atoms with van der Waals surface area (Å²) in [5.41, 5.74) is 3.23. The van der Waals surface area contributed by atoms with Crippen molar-refractivity contribution in [2.45, 2.75) is 58.7 Å². The van der Waals surface area contributed by atoms with Crippen LogP contribution in [-0.2, 0) is 9.31 Å². The van der Waals surface area contributed by atoms with E-state index in [0.717, 1.165) is 22.2 Å². The Labute approximate surface area is 137 Å². The van der Waals surface area contributed by atoms with Gasteiger partial charge in [0.2, 0.25) is 5.88 Å². The van der Waals surface area contributed by atoms with E-state index >= 15 is 0 Å². The molecule has 23 heavy (non-hydrogen) atoms. The minimum Gasteiger partial charge on any atom is -0.481 e. The zero-order chi connectivity index (χ0) is 17.0. The van der Waals surface area contributed by atoms with E-state index in [1.54, 1.807) is 7.11 Å². The van der Waals surface area contributed by atoms with Crippen molar-refractivity contribution in [2.24, 2.45) is 0 Å². The van der Waals surface area contributed by atoms with Crippen molar-refractivity contribution in [2.75, 3.05) is 7.11 Å². The lowest BCUT2D eigenvalue weighted by atomic mass is 9.79.